The molecule has 0 spiro atoms. The van der Waals surface area contributed by atoms with Crippen LogP contribution >= 0.6 is 11.6 Å². The molecule has 7 nitrogen and oxygen atoms in total. The number of halogens is 2. The van der Waals surface area contributed by atoms with Gasteiger partial charge in [-0.1, -0.05) is 36.7 Å². The highest BCUT2D eigenvalue weighted by Crippen LogP contribution is 2.21. The monoisotopic (exact) mass is 483 g/mol. The summed E-state index contributed by atoms with van der Waals surface area (Å²) in [7, 11) is -3.86. The van der Waals surface area contributed by atoms with E-state index in [2.05, 4.69) is 5.32 Å². The Balaban J connectivity index is 2.37. The van der Waals surface area contributed by atoms with E-state index in [4.69, 9.17) is 11.6 Å². The van der Waals surface area contributed by atoms with Crippen molar-refractivity contribution in [2.75, 3.05) is 23.7 Å². The van der Waals surface area contributed by atoms with E-state index >= 15 is 0 Å². The van der Waals surface area contributed by atoms with Crippen molar-refractivity contribution in [2.45, 2.75) is 32.9 Å². The summed E-state index contributed by atoms with van der Waals surface area (Å²) in [4.78, 5) is 27.2. The predicted molar refractivity (Wildman–Crippen MR) is 123 cm³/mol. The number of anilines is 1. The van der Waals surface area contributed by atoms with Crippen LogP contribution in [0.2, 0.25) is 5.02 Å². The van der Waals surface area contributed by atoms with Crippen LogP contribution in [0.25, 0.3) is 0 Å². The predicted octanol–water partition coefficient (Wildman–Crippen LogP) is 3.19. The van der Waals surface area contributed by atoms with Crippen molar-refractivity contribution in [1.29, 1.82) is 0 Å². The van der Waals surface area contributed by atoms with Gasteiger partial charge in [-0.15, -0.1) is 0 Å². The summed E-state index contributed by atoms with van der Waals surface area (Å²) in [5.74, 6) is -1.49. The first-order valence-corrected chi connectivity index (χ1v) is 12.3. The number of carbonyl (C=O) groups is 2. The summed E-state index contributed by atoms with van der Waals surface area (Å²) in [6, 6.07) is 10.8. The van der Waals surface area contributed by atoms with Crippen LogP contribution in [0, 0.1) is 5.82 Å². The zero-order valence-corrected chi connectivity index (χ0v) is 19.8. The van der Waals surface area contributed by atoms with Crippen LogP contribution in [0.1, 0.15) is 25.8 Å². The largest absolute Gasteiger partial charge is 0.354 e. The Morgan fingerprint density at radius 3 is 2.31 bits per heavy atom. The van der Waals surface area contributed by atoms with Gasteiger partial charge >= 0.3 is 0 Å². The topological polar surface area (TPSA) is 86.8 Å². The molecule has 0 aliphatic carbocycles. The SMILES string of the molecule is CCCNC(=O)[C@@H](C)N(Cc1ccccc1Cl)C(=O)CN(c1ccc(F)cc1)S(C)(=O)=O. The first-order valence-electron chi connectivity index (χ1n) is 10.1. The standard InChI is InChI=1S/C22H27ClFN3O4S/c1-4-13-25-22(29)16(2)26(14-17-7-5-6-8-20(17)23)21(28)15-27(32(3,30)31)19-11-9-18(24)10-12-19/h5-12,16H,4,13-15H2,1-3H3,(H,25,29)/t16-/m1/s1. The number of benzene rings is 2. The van der Waals surface area contributed by atoms with Gasteiger partial charge in [0.1, 0.15) is 18.4 Å². The smallest absolute Gasteiger partial charge is 0.244 e. The van der Waals surface area contributed by atoms with E-state index in [0.717, 1.165) is 29.1 Å². The molecule has 10 heteroatoms. The molecule has 1 atom stereocenters. The van der Waals surface area contributed by atoms with Gasteiger partial charge in [-0.3, -0.25) is 13.9 Å². The molecule has 0 aliphatic rings. The molecule has 0 aromatic heterocycles. The van der Waals surface area contributed by atoms with Crippen molar-refractivity contribution in [3.8, 4) is 0 Å². The Bertz CT molecular complexity index is 1050. The molecule has 32 heavy (non-hydrogen) atoms. The molecule has 174 valence electrons. The average molecular weight is 484 g/mol. The lowest BCUT2D eigenvalue weighted by molar-refractivity contribution is -0.139. The minimum Gasteiger partial charge on any atom is -0.354 e. The molecular formula is C22H27ClFN3O4S. The fourth-order valence-electron chi connectivity index (χ4n) is 3.01. The van der Waals surface area contributed by atoms with E-state index in [-0.39, 0.29) is 18.1 Å². The van der Waals surface area contributed by atoms with E-state index in [1.54, 1.807) is 31.2 Å². The van der Waals surface area contributed by atoms with Crippen LogP contribution in [-0.2, 0) is 26.2 Å². The normalized spacial score (nSPS) is 12.2. The highest BCUT2D eigenvalue weighted by atomic mass is 35.5. The third-order valence-corrected chi connectivity index (χ3v) is 6.32. The van der Waals surface area contributed by atoms with Crippen LogP contribution in [0.3, 0.4) is 0 Å². The maximum absolute atomic E-state index is 13.3. The fraction of sp³-hybridized carbons (Fsp3) is 0.364. The zero-order valence-electron chi connectivity index (χ0n) is 18.2. The highest BCUT2D eigenvalue weighted by Gasteiger charge is 2.30. The summed E-state index contributed by atoms with van der Waals surface area (Å²) >= 11 is 6.25. The molecular weight excluding hydrogens is 457 g/mol. The molecule has 0 radical (unpaired) electrons. The van der Waals surface area contributed by atoms with E-state index in [9.17, 15) is 22.4 Å². The van der Waals surface area contributed by atoms with Gasteiger partial charge in [0.2, 0.25) is 21.8 Å². The minimum absolute atomic E-state index is 0.0141. The van der Waals surface area contributed by atoms with Crippen LogP contribution in [0.5, 0.6) is 0 Å². The number of hydrogen-bond acceptors (Lipinski definition) is 4. The summed E-state index contributed by atoms with van der Waals surface area (Å²) in [5, 5.41) is 3.17. The molecule has 0 saturated heterocycles. The number of hydrogen-bond donors (Lipinski definition) is 1. The molecule has 2 rings (SSSR count). The number of nitrogens with one attached hydrogen (secondary N) is 1. The molecule has 0 fully saturated rings. The van der Waals surface area contributed by atoms with Crippen molar-refractivity contribution in [3.05, 3.63) is 64.9 Å². The third-order valence-electron chi connectivity index (χ3n) is 4.81. The van der Waals surface area contributed by atoms with Gasteiger partial charge in [0.15, 0.2) is 0 Å². The Morgan fingerprint density at radius 1 is 1.12 bits per heavy atom. The molecule has 0 heterocycles. The summed E-state index contributed by atoms with van der Waals surface area (Å²) in [6.07, 6.45) is 1.68. The highest BCUT2D eigenvalue weighted by molar-refractivity contribution is 7.92. The van der Waals surface area contributed by atoms with Crippen molar-refractivity contribution < 1.29 is 22.4 Å². The van der Waals surface area contributed by atoms with E-state index in [0.29, 0.717) is 17.1 Å². The lowest BCUT2D eigenvalue weighted by Crippen LogP contribution is -2.51. The average Bonchev–Trinajstić information content (AvgIpc) is 2.74. The first kappa shape index (κ1) is 25.6. The molecule has 0 bridgehead atoms. The molecule has 1 N–H and O–H groups in total. The second-order valence-corrected chi connectivity index (χ2v) is 9.64. The molecule has 0 aliphatic heterocycles. The Morgan fingerprint density at radius 2 is 1.75 bits per heavy atom. The zero-order chi connectivity index (χ0) is 23.9. The van der Waals surface area contributed by atoms with Gasteiger partial charge in [-0.25, -0.2) is 12.8 Å². The summed E-state index contributed by atoms with van der Waals surface area (Å²) < 4.78 is 39.0. The number of carbonyl (C=O) groups excluding carboxylic acids is 2. The van der Waals surface area contributed by atoms with Crippen LogP contribution < -0.4 is 9.62 Å². The van der Waals surface area contributed by atoms with Crippen LogP contribution in [0.4, 0.5) is 10.1 Å². The molecule has 0 saturated carbocycles. The third kappa shape index (κ3) is 6.93. The van der Waals surface area contributed by atoms with Gasteiger partial charge in [0.25, 0.3) is 0 Å². The molecule has 2 aromatic carbocycles. The van der Waals surface area contributed by atoms with Crippen LogP contribution in [0.15, 0.2) is 48.5 Å². The Labute approximate surface area is 193 Å². The molecule has 0 unspecified atom stereocenters. The van der Waals surface area contributed by atoms with E-state index in [1.807, 2.05) is 6.92 Å². The van der Waals surface area contributed by atoms with Crippen molar-refractivity contribution in [1.82, 2.24) is 10.2 Å². The fourth-order valence-corrected chi connectivity index (χ4v) is 4.05. The van der Waals surface area contributed by atoms with E-state index < -0.39 is 34.3 Å². The lowest BCUT2D eigenvalue weighted by atomic mass is 10.1. The molecule has 2 amide bonds. The maximum Gasteiger partial charge on any atom is 0.244 e. The van der Waals surface area contributed by atoms with E-state index in [1.165, 1.54) is 17.0 Å². The van der Waals surface area contributed by atoms with Gasteiger partial charge in [0, 0.05) is 18.1 Å². The van der Waals surface area contributed by atoms with Gasteiger partial charge < -0.3 is 10.2 Å². The lowest BCUT2D eigenvalue weighted by Gasteiger charge is -2.31. The second-order valence-electron chi connectivity index (χ2n) is 7.33. The molecule has 2 aromatic rings. The van der Waals surface area contributed by atoms with Gasteiger partial charge in [0.05, 0.1) is 11.9 Å². The summed E-state index contributed by atoms with van der Waals surface area (Å²) in [6.45, 7) is 3.38. The number of sulfonamides is 1. The van der Waals surface area contributed by atoms with Gasteiger partial charge in [-0.2, -0.15) is 0 Å². The van der Waals surface area contributed by atoms with Crippen molar-refractivity contribution in [3.63, 3.8) is 0 Å². The quantitative estimate of drug-likeness (QED) is 0.562. The Kier molecular flexibility index (Phi) is 9.03. The number of amides is 2. The number of rotatable bonds is 10. The van der Waals surface area contributed by atoms with Crippen molar-refractivity contribution in [2.24, 2.45) is 0 Å². The van der Waals surface area contributed by atoms with Crippen LogP contribution in [-0.4, -0.2) is 50.5 Å². The van der Waals surface area contributed by atoms with Gasteiger partial charge in [-0.05, 0) is 49.2 Å². The number of nitrogens with zero attached hydrogens (tertiary/aromatic N) is 2. The second kappa shape index (κ2) is 11.3. The Hall–Kier alpha value is -2.65. The van der Waals surface area contributed by atoms with Crippen molar-refractivity contribution >= 4 is 39.1 Å². The minimum atomic E-state index is -3.86. The summed E-state index contributed by atoms with van der Waals surface area (Å²) in [5.41, 5.74) is 0.758. The maximum atomic E-state index is 13.3. The first-order chi connectivity index (χ1) is 15.0.